The molecule has 0 unspecified atom stereocenters. The first kappa shape index (κ1) is 17.2. The molecule has 0 spiro atoms. The van der Waals surface area contributed by atoms with Gasteiger partial charge in [-0.1, -0.05) is 34.8 Å². The second-order valence-corrected chi connectivity index (χ2v) is 8.04. The van der Waals surface area contributed by atoms with Crippen LogP contribution in [0.3, 0.4) is 0 Å². The molecule has 9 heteroatoms. The lowest BCUT2D eigenvalue weighted by Gasteiger charge is -2.29. The molecule has 0 atom stereocenters. The molecule has 0 aliphatic carbocycles. The lowest BCUT2D eigenvalue weighted by atomic mass is 10.1. The van der Waals surface area contributed by atoms with Gasteiger partial charge in [-0.05, 0) is 31.5 Å². The monoisotopic (exact) mass is 410 g/mol. The maximum absolute atomic E-state index is 10.3. The Balaban J connectivity index is 2.12. The number of benzene rings is 1. The zero-order chi connectivity index (χ0) is 16.7. The molecule has 23 heavy (non-hydrogen) atoms. The van der Waals surface area contributed by atoms with Gasteiger partial charge >= 0.3 is 0 Å². The predicted molar refractivity (Wildman–Crippen MR) is 98.7 cm³/mol. The average Bonchev–Trinajstić information content (AvgIpc) is 2.93. The highest BCUT2D eigenvalue weighted by molar-refractivity contribution is 7.73. The van der Waals surface area contributed by atoms with E-state index in [4.69, 9.17) is 47.0 Å². The molecule has 1 aromatic carbocycles. The fourth-order valence-electron chi connectivity index (χ4n) is 2.60. The van der Waals surface area contributed by atoms with Crippen LogP contribution in [0.1, 0.15) is 19.3 Å². The number of aromatic hydroxyl groups is 2. The van der Waals surface area contributed by atoms with Crippen molar-refractivity contribution in [2.24, 2.45) is 0 Å². The van der Waals surface area contributed by atoms with Crippen molar-refractivity contribution in [3.8, 4) is 21.9 Å². The molecule has 0 bridgehead atoms. The van der Waals surface area contributed by atoms with E-state index in [0.717, 1.165) is 25.9 Å². The minimum atomic E-state index is -0.352. The van der Waals surface area contributed by atoms with E-state index >= 15 is 0 Å². The number of nitrogens with zero attached hydrogens (tertiary/aromatic N) is 2. The summed E-state index contributed by atoms with van der Waals surface area (Å²) in [6.07, 6.45) is 5.26. The van der Waals surface area contributed by atoms with E-state index < -0.39 is 0 Å². The standard InChI is InChI=1S/C14H13Cl3N2O2S2/c15-9-8(12(20)10(16)11(17)13(9)21)7-6-19(14(22)23-7)18-4-2-1-3-5-18/h6,20-21H,1-5H2. The van der Waals surface area contributed by atoms with Gasteiger partial charge < -0.3 is 15.2 Å². The molecule has 1 aromatic heterocycles. The van der Waals surface area contributed by atoms with Crippen molar-refractivity contribution in [1.29, 1.82) is 0 Å². The number of hydrogen-bond acceptors (Lipinski definition) is 5. The van der Waals surface area contributed by atoms with Crippen LogP contribution < -0.4 is 5.01 Å². The van der Waals surface area contributed by atoms with Crippen molar-refractivity contribution >= 4 is 58.4 Å². The summed E-state index contributed by atoms with van der Waals surface area (Å²) in [7, 11) is 0. The molecule has 1 aliphatic heterocycles. The highest BCUT2D eigenvalue weighted by Gasteiger charge is 2.24. The second kappa shape index (κ2) is 6.69. The molecule has 2 aromatic rings. The topological polar surface area (TPSA) is 48.6 Å². The van der Waals surface area contributed by atoms with Crippen LogP contribution in [-0.4, -0.2) is 28.0 Å². The number of phenols is 2. The summed E-state index contributed by atoms with van der Waals surface area (Å²) in [6.45, 7) is 1.85. The van der Waals surface area contributed by atoms with Crippen molar-refractivity contribution in [2.45, 2.75) is 19.3 Å². The third-order valence-electron chi connectivity index (χ3n) is 3.78. The zero-order valence-corrected chi connectivity index (χ0v) is 15.8. The summed E-state index contributed by atoms with van der Waals surface area (Å²) in [4.78, 5) is 0.622. The first-order valence-electron chi connectivity index (χ1n) is 6.98. The Kier molecular flexibility index (Phi) is 4.99. The van der Waals surface area contributed by atoms with Gasteiger partial charge in [0, 0.05) is 19.3 Å². The van der Waals surface area contributed by atoms with Gasteiger partial charge in [0.2, 0.25) is 0 Å². The summed E-state index contributed by atoms with van der Waals surface area (Å²) in [5.41, 5.74) is 0.241. The summed E-state index contributed by atoms with van der Waals surface area (Å²) < 4.78 is 2.53. The third kappa shape index (κ3) is 3.03. The molecule has 124 valence electrons. The van der Waals surface area contributed by atoms with Crippen LogP contribution in [0, 0.1) is 3.95 Å². The average molecular weight is 412 g/mol. The van der Waals surface area contributed by atoms with Gasteiger partial charge in [-0.3, -0.25) is 0 Å². The minimum absolute atomic E-state index is 0.0426. The molecule has 1 fully saturated rings. The maximum Gasteiger partial charge on any atom is 0.180 e. The summed E-state index contributed by atoms with van der Waals surface area (Å²) in [5, 5.41) is 22.1. The van der Waals surface area contributed by atoms with Crippen molar-refractivity contribution in [3.05, 3.63) is 25.2 Å². The minimum Gasteiger partial charge on any atom is -0.506 e. The first-order chi connectivity index (χ1) is 10.9. The number of hydrogen-bond donors (Lipinski definition) is 2. The molecule has 2 N–H and O–H groups in total. The molecule has 3 rings (SSSR count). The largest absolute Gasteiger partial charge is 0.506 e. The summed E-state index contributed by atoms with van der Waals surface area (Å²) in [6, 6.07) is 0. The van der Waals surface area contributed by atoms with Crippen molar-refractivity contribution in [1.82, 2.24) is 4.68 Å². The predicted octanol–water partition coefficient (Wildman–Crippen LogP) is 5.44. The lowest BCUT2D eigenvalue weighted by Crippen LogP contribution is -2.38. The number of aromatic nitrogens is 1. The Hall–Kier alpha value is -0.660. The number of piperidine rings is 1. The normalized spacial score (nSPS) is 15.2. The van der Waals surface area contributed by atoms with Gasteiger partial charge in [0.15, 0.2) is 9.70 Å². The van der Waals surface area contributed by atoms with E-state index in [1.165, 1.54) is 17.8 Å². The van der Waals surface area contributed by atoms with E-state index in [9.17, 15) is 10.2 Å². The van der Waals surface area contributed by atoms with Crippen LogP contribution in [0.4, 0.5) is 0 Å². The molecule has 2 heterocycles. The van der Waals surface area contributed by atoms with Crippen LogP contribution in [0.5, 0.6) is 11.5 Å². The Labute approximate surface area is 157 Å². The Morgan fingerprint density at radius 3 is 2.22 bits per heavy atom. The Morgan fingerprint density at radius 1 is 0.957 bits per heavy atom. The number of rotatable bonds is 2. The molecule has 1 aliphatic rings. The second-order valence-electron chi connectivity index (χ2n) is 5.23. The zero-order valence-electron chi connectivity index (χ0n) is 11.9. The highest BCUT2D eigenvalue weighted by Crippen LogP contribution is 2.51. The van der Waals surface area contributed by atoms with Crippen molar-refractivity contribution < 1.29 is 10.2 Å². The Morgan fingerprint density at radius 2 is 1.57 bits per heavy atom. The molecular weight excluding hydrogens is 399 g/mol. The molecule has 0 radical (unpaired) electrons. The van der Waals surface area contributed by atoms with Gasteiger partial charge in [0.1, 0.15) is 15.8 Å². The molecule has 1 saturated heterocycles. The van der Waals surface area contributed by atoms with Gasteiger partial charge in [-0.15, -0.1) is 11.3 Å². The van der Waals surface area contributed by atoms with E-state index in [0.29, 0.717) is 8.83 Å². The number of phenolic OH excluding ortho intramolecular Hbond substituents is 2. The highest BCUT2D eigenvalue weighted by atomic mass is 35.5. The SMILES string of the molecule is Oc1c(Cl)c(Cl)c(O)c(-c2cn(N3CCCCC3)c(=S)s2)c1Cl. The van der Waals surface area contributed by atoms with Gasteiger partial charge in [-0.2, -0.15) is 0 Å². The fourth-order valence-corrected chi connectivity index (χ4v) is 4.70. The van der Waals surface area contributed by atoms with Crippen LogP contribution >= 0.6 is 58.4 Å². The van der Waals surface area contributed by atoms with Gasteiger partial charge in [0.25, 0.3) is 0 Å². The smallest absolute Gasteiger partial charge is 0.180 e. The van der Waals surface area contributed by atoms with Crippen LogP contribution in [0.15, 0.2) is 6.20 Å². The molecule has 0 saturated carbocycles. The van der Waals surface area contributed by atoms with E-state index in [-0.39, 0.29) is 32.1 Å². The summed E-state index contributed by atoms with van der Waals surface area (Å²) in [5.74, 6) is -0.614. The van der Waals surface area contributed by atoms with Crippen LogP contribution in [-0.2, 0) is 0 Å². The quantitative estimate of drug-likeness (QED) is 0.392. The molecular formula is C14H13Cl3N2O2S2. The third-order valence-corrected chi connectivity index (χ3v) is 6.31. The number of thiazole rings is 1. The van der Waals surface area contributed by atoms with Crippen molar-refractivity contribution in [2.75, 3.05) is 18.1 Å². The fraction of sp³-hybridized carbons (Fsp3) is 0.357. The summed E-state index contributed by atoms with van der Waals surface area (Å²) >= 11 is 24.7. The van der Waals surface area contributed by atoms with E-state index in [1.807, 2.05) is 10.9 Å². The van der Waals surface area contributed by atoms with Gasteiger partial charge in [0.05, 0.1) is 15.5 Å². The lowest BCUT2D eigenvalue weighted by molar-refractivity contribution is 0.462. The van der Waals surface area contributed by atoms with Crippen molar-refractivity contribution in [3.63, 3.8) is 0 Å². The molecule has 0 amide bonds. The van der Waals surface area contributed by atoms with Crippen LogP contribution in [0.25, 0.3) is 10.4 Å². The Bertz CT molecular complexity index is 784. The van der Waals surface area contributed by atoms with Crippen LogP contribution in [0.2, 0.25) is 15.1 Å². The van der Waals surface area contributed by atoms with E-state index in [2.05, 4.69) is 5.01 Å². The van der Waals surface area contributed by atoms with Gasteiger partial charge in [-0.25, -0.2) is 4.68 Å². The maximum atomic E-state index is 10.3. The first-order valence-corrected chi connectivity index (χ1v) is 9.34. The molecule has 4 nitrogen and oxygen atoms in total. The van der Waals surface area contributed by atoms with E-state index in [1.54, 1.807) is 0 Å². The number of halogens is 3.